The smallest absolute Gasteiger partial charge is 0.236 e. The Labute approximate surface area is 177 Å². The van der Waals surface area contributed by atoms with Crippen LogP contribution in [0.25, 0.3) is 11.3 Å². The van der Waals surface area contributed by atoms with Crippen molar-refractivity contribution in [3.05, 3.63) is 23.6 Å². The second-order valence-electron chi connectivity index (χ2n) is 7.21. The SMILES string of the molecule is CC1CCN(C(=O)CSCC(=O)Nc2nc(-c3ccc4c(c3)OCO4)cs2)CC1. The van der Waals surface area contributed by atoms with E-state index in [2.05, 4.69) is 17.2 Å². The molecular formula is C20H23N3O4S2. The number of nitrogens with zero attached hydrogens (tertiary/aromatic N) is 2. The minimum absolute atomic E-state index is 0.119. The Balaban J connectivity index is 1.24. The van der Waals surface area contributed by atoms with Crippen molar-refractivity contribution >= 4 is 40.0 Å². The molecule has 0 aliphatic carbocycles. The zero-order chi connectivity index (χ0) is 20.2. The van der Waals surface area contributed by atoms with E-state index >= 15 is 0 Å². The molecule has 9 heteroatoms. The highest BCUT2D eigenvalue weighted by atomic mass is 32.2. The van der Waals surface area contributed by atoms with Gasteiger partial charge in [0.25, 0.3) is 0 Å². The third kappa shape index (κ3) is 5.02. The Morgan fingerprint density at radius 2 is 2.03 bits per heavy atom. The summed E-state index contributed by atoms with van der Waals surface area (Å²) in [6.07, 6.45) is 2.12. The van der Waals surface area contributed by atoms with Gasteiger partial charge in [-0.2, -0.15) is 0 Å². The largest absolute Gasteiger partial charge is 0.454 e. The summed E-state index contributed by atoms with van der Waals surface area (Å²) in [6.45, 7) is 4.11. The standard InChI is InChI=1S/C20H23N3O4S2/c1-13-4-6-23(7-5-13)19(25)11-28-10-18(24)22-20-21-15(9-29-20)14-2-3-16-17(8-14)27-12-26-16/h2-3,8-9,13H,4-7,10-12H2,1H3,(H,21,22,24). The van der Waals surface area contributed by atoms with Gasteiger partial charge in [0.05, 0.1) is 17.2 Å². The van der Waals surface area contributed by atoms with Crippen LogP contribution in [-0.2, 0) is 9.59 Å². The molecular weight excluding hydrogens is 410 g/mol. The van der Waals surface area contributed by atoms with E-state index in [-0.39, 0.29) is 24.4 Å². The first-order valence-corrected chi connectivity index (χ1v) is 11.6. The van der Waals surface area contributed by atoms with Crippen molar-refractivity contribution in [2.75, 3.05) is 36.7 Å². The summed E-state index contributed by atoms with van der Waals surface area (Å²) in [5, 5.41) is 5.24. The molecule has 2 amide bonds. The zero-order valence-electron chi connectivity index (χ0n) is 16.2. The topological polar surface area (TPSA) is 80.8 Å². The van der Waals surface area contributed by atoms with Crippen LogP contribution in [0.15, 0.2) is 23.6 Å². The first kappa shape index (κ1) is 20.0. The number of fused-ring (bicyclic) bond motifs is 1. The lowest BCUT2D eigenvalue weighted by Crippen LogP contribution is -2.39. The molecule has 1 aromatic heterocycles. The number of nitrogens with one attached hydrogen (secondary N) is 1. The quantitative estimate of drug-likeness (QED) is 0.751. The number of thioether (sulfide) groups is 1. The Morgan fingerprint density at radius 1 is 1.24 bits per heavy atom. The second-order valence-corrected chi connectivity index (χ2v) is 9.05. The Hall–Kier alpha value is -2.26. The number of carbonyl (C=O) groups is 2. The summed E-state index contributed by atoms with van der Waals surface area (Å²) in [5.41, 5.74) is 1.67. The van der Waals surface area contributed by atoms with Gasteiger partial charge in [-0.05, 0) is 37.0 Å². The predicted octanol–water partition coefficient (Wildman–Crippen LogP) is 3.47. The van der Waals surface area contributed by atoms with Crippen LogP contribution >= 0.6 is 23.1 Å². The van der Waals surface area contributed by atoms with E-state index in [4.69, 9.17) is 9.47 Å². The van der Waals surface area contributed by atoms with Gasteiger partial charge in [0.2, 0.25) is 18.6 Å². The number of likely N-dealkylation sites (tertiary alicyclic amines) is 1. The third-order valence-corrected chi connectivity index (χ3v) is 6.69. The van der Waals surface area contributed by atoms with Crippen LogP contribution in [0.4, 0.5) is 5.13 Å². The van der Waals surface area contributed by atoms with E-state index in [0.717, 1.165) is 42.9 Å². The van der Waals surface area contributed by atoms with Crippen molar-refractivity contribution in [3.63, 3.8) is 0 Å². The van der Waals surface area contributed by atoms with Crippen LogP contribution in [-0.4, -0.2) is 53.1 Å². The van der Waals surface area contributed by atoms with Gasteiger partial charge in [-0.3, -0.25) is 9.59 Å². The first-order chi connectivity index (χ1) is 14.1. The first-order valence-electron chi connectivity index (χ1n) is 9.59. The van der Waals surface area contributed by atoms with Crippen molar-refractivity contribution in [2.24, 2.45) is 5.92 Å². The molecule has 1 fully saturated rings. The lowest BCUT2D eigenvalue weighted by atomic mass is 9.99. The predicted molar refractivity (Wildman–Crippen MR) is 115 cm³/mol. The van der Waals surface area contributed by atoms with Crippen molar-refractivity contribution in [1.29, 1.82) is 0 Å². The van der Waals surface area contributed by atoms with E-state index in [9.17, 15) is 9.59 Å². The molecule has 1 aromatic carbocycles. The van der Waals surface area contributed by atoms with E-state index < -0.39 is 0 Å². The molecule has 2 aromatic rings. The van der Waals surface area contributed by atoms with Crippen LogP contribution in [0.5, 0.6) is 11.5 Å². The van der Waals surface area contributed by atoms with Gasteiger partial charge >= 0.3 is 0 Å². The van der Waals surface area contributed by atoms with Crippen LogP contribution in [0, 0.1) is 5.92 Å². The van der Waals surface area contributed by atoms with Crippen molar-refractivity contribution < 1.29 is 19.1 Å². The number of piperidine rings is 1. The molecule has 0 saturated carbocycles. The van der Waals surface area contributed by atoms with Crippen molar-refractivity contribution in [3.8, 4) is 22.8 Å². The number of thiazole rings is 1. The summed E-state index contributed by atoms with van der Waals surface area (Å²) in [7, 11) is 0. The number of hydrogen-bond acceptors (Lipinski definition) is 7. The minimum atomic E-state index is -0.151. The van der Waals surface area contributed by atoms with Gasteiger partial charge in [-0.15, -0.1) is 23.1 Å². The monoisotopic (exact) mass is 433 g/mol. The number of benzene rings is 1. The van der Waals surface area contributed by atoms with Crippen LogP contribution in [0.3, 0.4) is 0 Å². The van der Waals surface area contributed by atoms with Crippen LogP contribution < -0.4 is 14.8 Å². The number of ether oxygens (including phenoxy) is 2. The fraction of sp³-hybridized carbons (Fsp3) is 0.450. The van der Waals surface area contributed by atoms with E-state index in [0.29, 0.717) is 22.6 Å². The molecule has 29 heavy (non-hydrogen) atoms. The van der Waals surface area contributed by atoms with Gasteiger partial charge in [0, 0.05) is 24.0 Å². The molecule has 154 valence electrons. The highest BCUT2D eigenvalue weighted by molar-refractivity contribution is 8.00. The third-order valence-electron chi connectivity index (χ3n) is 5.01. The van der Waals surface area contributed by atoms with Gasteiger partial charge in [-0.25, -0.2) is 4.98 Å². The molecule has 2 aliphatic rings. The normalized spacial score (nSPS) is 16.1. The molecule has 7 nitrogen and oxygen atoms in total. The molecule has 0 atom stereocenters. The highest BCUT2D eigenvalue weighted by Gasteiger charge is 2.20. The maximum atomic E-state index is 12.2. The Bertz CT molecular complexity index is 894. The summed E-state index contributed by atoms with van der Waals surface area (Å²) in [5.74, 6) is 2.65. The lowest BCUT2D eigenvalue weighted by molar-refractivity contribution is -0.129. The van der Waals surface area contributed by atoms with Gasteiger partial charge in [0.1, 0.15) is 0 Å². The lowest BCUT2D eigenvalue weighted by Gasteiger charge is -2.30. The number of carbonyl (C=O) groups excluding carboxylic acids is 2. The fourth-order valence-electron chi connectivity index (χ4n) is 3.26. The summed E-state index contributed by atoms with van der Waals surface area (Å²) < 4.78 is 10.7. The van der Waals surface area contributed by atoms with Crippen LogP contribution in [0.2, 0.25) is 0 Å². The number of rotatable bonds is 6. The molecule has 2 aliphatic heterocycles. The molecule has 3 heterocycles. The number of aromatic nitrogens is 1. The highest BCUT2D eigenvalue weighted by Crippen LogP contribution is 2.36. The maximum Gasteiger partial charge on any atom is 0.236 e. The Morgan fingerprint density at radius 3 is 2.86 bits per heavy atom. The van der Waals surface area contributed by atoms with Gasteiger partial charge in [-0.1, -0.05) is 6.92 Å². The second kappa shape index (κ2) is 9.04. The van der Waals surface area contributed by atoms with E-state index in [1.807, 2.05) is 28.5 Å². The molecule has 0 bridgehead atoms. The van der Waals surface area contributed by atoms with Crippen molar-refractivity contribution in [1.82, 2.24) is 9.88 Å². The van der Waals surface area contributed by atoms with Gasteiger partial charge < -0.3 is 19.7 Å². The van der Waals surface area contributed by atoms with Gasteiger partial charge in [0.15, 0.2) is 16.6 Å². The molecule has 1 saturated heterocycles. The number of hydrogen-bond donors (Lipinski definition) is 1. The summed E-state index contributed by atoms with van der Waals surface area (Å²) in [4.78, 5) is 30.8. The molecule has 1 N–H and O–H groups in total. The van der Waals surface area contributed by atoms with Crippen LogP contribution in [0.1, 0.15) is 19.8 Å². The molecule has 0 spiro atoms. The Kier molecular flexibility index (Phi) is 6.25. The zero-order valence-corrected chi connectivity index (χ0v) is 17.8. The molecule has 4 rings (SSSR count). The van der Waals surface area contributed by atoms with Crippen molar-refractivity contribution in [2.45, 2.75) is 19.8 Å². The maximum absolute atomic E-state index is 12.2. The minimum Gasteiger partial charge on any atom is -0.454 e. The summed E-state index contributed by atoms with van der Waals surface area (Å²) >= 11 is 2.71. The van der Waals surface area contributed by atoms with E-state index in [1.54, 1.807) is 0 Å². The number of amides is 2. The summed E-state index contributed by atoms with van der Waals surface area (Å²) in [6, 6.07) is 5.65. The number of anilines is 1. The average molecular weight is 434 g/mol. The molecule has 0 unspecified atom stereocenters. The van der Waals surface area contributed by atoms with E-state index in [1.165, 1.54) is 23.1 Å². The fourth-order valence-corrected chi connectivity index (χ4v) is 4.71. The molecule has 0 radical (unpaired) electrons. The average Bonchev–Trinajstić information content (AvgIpc) is 3.37.